The number of amidine groups is 1. The molecule has 2 fully saturated rings. The van der Waals surface area contributed by atoms with Gasteiger partial charge in [-0.2, -0.15) is 0 Å². The Morgan fingerprint density at radius 2 is 1.12 bits per heavy atom. The Labute approximate surface area is 384 Å². The highest BCUT2D eigenvalue weighted by atomic mass is 16.3. The molecule has 2 aliphatic carbocycles. The third-order valence-electron chi connectivity index (χ3n) is 15.7. The van der Waals surface area contributed by atoms with Crippen LogP contribution in [0.4, 0.5) is 0 Å². The SMILES string of the molecule is c1ccc(-n2c3ccccc3c3ccc4c5ccccc5n(-c5cccc6c5oc5cccc(C7=NC8(c9ccc%10ccccc%10c9)C9CC98C(c8ccc9ccccc9c8)=N7)c56)c4c32)cc1. The van der Waals surface area contributed by atoms with Crippen LogP contribution in [-0.2, 0) is 5.54 Å². The van der Waals surface area contributed by atoms with Gasteiger partial charge >= 0.3 is 0 Å². The van der Waals surface area contributed by atoms with E-state index in [1.54, 1.807) is 0 Å². The second kappa shape index (κ2) is 12.6. The van der Waals surface area contributed by atoms with Gasteiger partial charge in [0.25, 0.3) is 0 Å². The molecule has 0 N–H and O–H groups in total. The number of rotatable bonds is 5. The van der Waals surface area contributed by atoms with Crippen LogP contribution in [-0.4, -0.2) is 20.7 Å². The van der Waals surface area contributed by atoms with Gasteiger partial charge in [-0.05, 0) is 87.6 Å². The number of aromatic nitrogens is 2. The molecule has 0 bridgehead atoms. The fourth-order valence-corrected chi connectivity index (χ4v) is 12.6. The van der Waals surface area contributed by atoms with E-state index in [1.165, 1.54) is 59.7 Å². The van der Waals surface area contributed by atoms with Gasteiger partial charge in [0.2, 0.25) is 0 Å². The second-order valence-electron chi connectivity index (χ2n) is 18.8. The summed E-state index contributed by atoms with van der Waals surface area (Å²) in [5.74, 6) is 1.15. The van der Waals surface area contributed by atoms with Gasteiger partial charge in [-0.25, -0.2) is 4.99 Å². The summed E-state index contributed by atoms with van der Waals surface area (Å²) < 4.78 is 12.1. The van der Waals surface area contributed by atoms with Crippen LogP contribution in [0.1, 0.15) is 23.1 Å². The number of aliphatic imine (C=N–C) groups is 2. The van der Waals surface area contributed by atoms with Crippen molar-refractivity contribution in [3.05, 3.63) is 229 Å². The van der Waals surface area contributed by atoms with Crippen molar-refractivity contribution in [1.29, 1.82) is 0 Å². The number of nitrogens with zero attached hydrogens (tertiary/aromatic N) is 4. The summed E-state index contributed by atoms with van der Waals surface area (Å²) in [6, 6.07) is 77.1. The number of para-hydroxylation sites is 4. The smallest absolute Gasteiger partial charge is 0.159 e. The van der Waals surface area contributed by atoms with E-state index in [2.05, 4.69) is 221 Å². The molecule has 13 aromatic rings. The predicted octanol–water partition coefficient (Wildman–Crippen LogP) is 15.3. The molecule has 10 aromatic carbocycles. The Morgan fingerprint density at radius 3 is 1.88 bits per heavy atom. The summed E-state index contributed by atoms with van der Waals surface area (Å²) in [7, 11) is 0. The summed E-state index contributed by atoms with van der Waals surface area (Å²) in [4.78, 5) is 11.6. The van der Waals surface area contributed by atoms with E-state index < -0.39 is 5.54 Å². The molecule has 2 saturated carbocycles. The number of hydrogen-bond donors (Lipinski definition) is 0. The summed E-state index contributed by atoms with van der Waals surface area (Å²) in [6.45, 7) is 0. The lowest BCUT2D eigenvalue weighted by Crippen LogP contribution is -2.32. The zero-order chi connectivity index (χ0) is 43.6. The topological polar surface area (TPSA) is 47.7 Å². The van der Waals surface area contributed by atoms with E-state index in [-0.39, 0.29) is 5.41 Å². The van der Waals surface area contributed by atoms with Gasteiger partial charge in [0, 0.05) is 54.9 Å². The Bertz CT molecular complexity index is 4390. The van der Waals surface area contributed by atoms with E-state index in [4.69, 9.17) is 14.4 Å². The molecule has 5 nitrogen and oxygen atoms in total. The summed E-state index contributed by atoms with van der Waals surface area (Å²) in [6.07, 6.45) is 1.08. The number of fused-ring (bicyclic) bond motifs is 13. The summed E-state index contributed by atoms with van der Waals surface area (Å²) >= 11 is 0. The predicted molar refractivity (Wildman–Crippen MR) is 276 cm³/mol. The maximum atomic E-state index is 7.17. The van der Waals surface area contributed by atoms with Gasteiger partial charge in [-0.3, -0.25) is 4.99 Å². The molecule has 3 aromatic heterocycles. The second-order valence-corrected chi connectivity index (χ2v) is 18.8. The van der Waals surface area contributed by atoms with Crippen molar-refractivity contribution < 1.29 is 4.42 Å². The Kier molecular flexibility index (Phi) is 6.74. The van der Waals surface area contributed by atoms with Gasteiger partial charge in [0.05, 0.1) is 33.5 Å². The maximum Gasteiger partial charge on any atom is 0.159 e. The first-order valence-corrected chi connectivity index (χ1v) is 23.3. The van der Waals surface area contributed by atoms with Crippen molar-refractivity contribution in [2.24, 2.45) is 21.3 Å². The first-order valence-electron chi connectivity index (χ1n) is 23.3. The van der Waals surface area contributed by atoms with Crippen LogP contribution >= 0.6 is 0 Å². The molecule has 0 saturated heterocycles. The van der Waals surface area contributed by atoms with Gasteiger partial charge in [0.1, 0.15) is 11.1 Å². The molecule has 67 heavy (non-hydrogen) atoms. The molecule has 1 spiro atoms. The number of benzene rings is 10. The molecule has 16 rings (SSSR count). The van der Waals surface area contributed by atoms with Crippen LogP contribution in [0.3, 0.4) is 0 Å². The molecule has 3 unspecified atom stereocenters. The maximum absolute atomic E-state index is 7.17. The Hall–Kier alpha value is -8.54. The first kappa shape index (κ1) is 35.8. The van der Waals surface area contributed by atoms with Crippen LogP contribution in [0.5, 0.6) is 0 Å². The molecular weight excluding hydrogens is 817 g/mol. The van der Waals surface area contributed by atoms with Crippen LogP contribution in [0.25, 0.3) is 98.5 Å². The zero-order valence-electron chi connectivity index (χ0n) is 36.2. The third-order valence-corrected chi connectivity index (χ3v) is 15.7. The van der Waals surface area contributed by atoms with E-state index in [9.17, 15) is 0 Å². The van der Waals surface area contributed by atoms with Crippen molar-refractivity contribution in [2.75, 3.05) is 0 Å². The van der Waals surface area contributed by atoms with Crippen LogP contribution < -0.4 is 0 Å². The highest BCUT2D eigenvalue weighted by molar-refractivity contribution is 6.28. The van der Waals surface area contributed by atoms with Crippen molar-refractivity contribution in [1.82, 2.24) is 9.13 Å². The lowest BCUT2D eigenvalue weighted by molar-refractivity contribution is 0.493. The van der Waals surface area contributed by atoms with Crippen molar-refractivity contribution in [3.63, 3.8) is 0 Å². The van der Waals surface area contributed by atoms with Gasteiger partial charge in [-0.15, -0.1) is 0 Å². The third kappa shape index (κ3) is 4.53. The fraction of sp³-hybridized carbons (Fsp3) is 0.0645. The molecule has 1 aliphatic heterocycles. The highest BCUT2D eigenvalue weighted by Crippen LogP contribution is 2.90. The van der Waals surface area contributed by atoms with Crippen LogP contribution in [0, 0.1) is 11.3 Å². The molecule has 3 aliphatic rings. The van der Waals surface area contributed by atoms with Crippen molar-refractivity contribution >= 4 is 98.6 Å². The standard InChI is InChI=1S/C62H38N4O/c1-2-18-43(19-3-1)65-50-24-10-8-20-44(50)46-32-33-47-45-21-9-11-25-51(45)66(57(47)56(46)65)52-26-12-22-48-55-49(23-13-27-53(55)67-58(48)52)60-63-59(41-29-28-37-14-4-6-16-39(37)34-41)61-36-54(61)62(61,64-60)42-31-30-38-15-5-7-17-40(38)35-42/h1-35,54H,36H2. The molecule has 5 heteroatoms. The van der Waals surface area contributed by atoms with Crippen molar-refractivity contribution in [3.8, 4) is 11.4 Å². The Balaban J connectivity index is 0.965. The molecule has 0 amide bonds. The zero-order valence-corrected chi connectivity index (χ0v) is 36.2. The average molecular weight is 855 g/mol. The monoisotopic (exact) mass is 854 g/mol. The fourth-order valence-electron chi connectivity index (χ4n) is 12.6. The summed E-state index contributed by atoms with van der Waals surface area (Å²) in [5, 5.41) is 11.8. The van der Waals surface area contributed by atoms with Crippen LogP contribution in [0.15, 0.2) is 227 Å². The van der Waals surface area contributed by atoms with Gasteiger partial charge < -0.3 is 13.6 Å². The van der Waals surface area contributed by atoms with E-state index >= 15 is 0 Å². The average Bonchev–Trinajstić information content (AvgIpc) is 4.07. The van der Waals surface area contributed by atoms with E-state index in [0.717, 1.165) is 73.4 Å². The van der Waals surface area contributed by atoms with Gasteiger partial charge in [-0.1, -0.05) is 164 Å². The van der Waals surface area contributed by atoms with Crippen molar-refractivity contribution in [2.45, 2.75) is 12.0 Å². The summed E-state index contributed by atoms with van der Waals surface area (Å²) in [5.41, 5.74) is 12.4. The largest absolute Gasteiger partial charge is 0.454 e. The molecule has 3 atom stereocenters. The van der Waals surface area contributed by atoms with E-state index in [0.29, 0.717) is 5.92 Å². The quantitative estimate of drug-likeness (QED) is 0.170. The number of furan rings is 1. The normalized spacial score (nSPS) is 19.7. The molecule has 312 valence electrons. The van der Waals surface area contributed by atoms with Gasteiger partial charge in [0.15, 0.2) is 11.4 Å². The number of hydrogen-bond acceptors (Lipinski definition) is 3. The minimum Gasteiger partial charge on any atom is -0.454 e. The molecule has 0 radical (unpaired) electrons. The minimum atomic E-state index is -0.395. The Morgan fingerprint density at radius 1 is 0.493 bits per heavy atom. The van der Waals surface area contributed by atoms with E-state index in [1.807, 2.05) is 0 Å². The first-order chi connectivity index (χ1) is 33.2. The van der Waals surface area contributed by atoms with Crippen LogP contribution in [0.2, 0.25) is 0 Å². The highest BCUT2D eigenvalue weighted by Gasteiger charge is 2.93. The lowest BCUT2D eigenvalue weighted by Gasteiger charge is -2.30. The lowest BCUT2D eigenvalue weighted by atomic mass is 9.82. The molecule has 4 heterocycles. The minimum absolute atomic E-state index is 0.134. The molecular formula is C62H38N4O.